The van der Waals surface area contributed by atoms with Gasteiger partial charge < -0.3 is 24.4 Å². The molecule has 0 bridgehead atoms. The van der Waals surface area contributed by atoms with Gasteiger partial charge in [0.15, 0.2) is 17.0 Å². The second kappa shape index (κ2) is 11.2. The van der Waals surface area contributed by atoms with Gasteiger partial charge in [0.05, 0.1) is 6.33 Å². The minimum absolute atomic E-state index is 0.0209. The van der Waals surface area contributed by atoms with Gasteiger partial charge in [-0.1, -0.05) is 54.6 Å². The van der Waals surface area contributed by atoms with E-state index in [1.807, 2.05) is 33.2 Å². The third-order valence-corrected chi connectivity index (χ3v) is 7.02. The van der Waals surface area contributed by atoms with Crippen molar-refractivity contribution in [3.63, 3.8) is 0 Å². The zero-order valence-electron chi connectivity index (χ0n) is 24.3. The van der Waals surface area contributed by atoms with Crippen LogP contribution in [0.3, 0.4) is 0 Å². The van der Waals surface area contributed by atoms with Gasteiger partial charge in [0, 0.05) is 38.3 Å². The summed E-state index contributed by atoms with van der Waals surface area (Å²) >= 11 is 0. The Labute approximate surface area is 236 Å². The van der Waals surface area contributed by atoms with Crippen LogP contribution in [0.4, 0.5) is 16.6 Å². The van der Waals surface area contributed by atoms with Crippen molar-refractivity contribution in [3.8, 4) is 11.1 Å². The van der Waals surface area contributed by atoms with E-state index in [2.05, 4.69) is 89.1 Å². The van der Waals surface area contributed by atoms with Crippen LogP contribution in [0, 0.1) is 0 Å². The first-order chi connectivity index (χ1) is 19.1. The predicted octanol–water partition coefficient (Wildman–Crippen LogP) is 6.13. The van der Waals surface area contributed by atoms with Crippen LogP contribution < -0.4 is 10.2 Å². The smallest absolute Gasteiger partial charge is 0.410 e. The highest BCUT2D eigenvalue weighted by Gasteiger charge is 2.32. The van der Waals surface area contributed by atoms with E-state index < -0.39 is 5.60 Å². The molecule has 9 nitrogen and oxygen atoms in total. The minimum atomic E-state index is -0.525. The highest BCUT2D eigenvalue weighted by atomic mass is 16.6. The van der Waals surface area contributed by atoms with Crippen LogP contribution >= 0.6 is 0 Å². The number of piperazine rings is 1. The van der Waals surface area contributed by atoms with Crippen LogP contribution in [-0.4, -0.2) is 61.8 Å². The Morgan fingerprint density at radius 3 is 2.38 bits per heavy atom. The van der Waals surface area contributed by atoms with Crippen molar-refractivity contribution in [1.82, 2.24) is 24.4 Å². The lowest BCUT2D eigenvalue weighted by Crippen LogP contribution is -2.55. The molecule has 2 aromatic carbocycles. The predicted molar refractivity (Wildman–Crippen MR) is 160 cm³/mol. The maximum atomic E-state index is 12.7. The summed E-state index contributed by atoms with van der Waals surface area (Å²) in [5.74, 6) is 1.33. The number of fused-ring (bicyclic) bond motifs is 1. The quantitative estimate of drug-likeness (QED) is 0.314. The fourth-order valence-corrected chi connectivity index (χ4v) is 4.91. The second-order valence-electron chi connectivity index (χ2n) is 11.7. The zero-order chi connectivity index (χ0) is 28.4. The number of ether oxygens (including phenoxy) is 1. The van der Waals surface area contributed by atoms with Crippen molar-refractivity contribution in [2.75, 3.05) is 29.9 Å². The van der Waals surface area contributed by atoms with Crippen molar-refractivity contribution in [2.24, 2.45) is 0 Å². The zero-order valence-corrected chi connectivity index (χ0v) is 24.3. The summed E-state index contributed by atoms with van der Waals surface area (Å²) in [5, 5.41) is 3.52. The van der Waals surface area contributed by atoms with Gasteiger partial charge in [-0.15, -0.1) is 0 Å². The first-order valence-corrected chi connectivity index (χ1v) is 14.0. The number of hydrogen-bond donors (Lipinski definition) is 1. The molecule has 3 heterocycles. The molecule has 1 aliphatic rings. The van der Waals surface area contributed by atoms with E-state index in [0.717, 1.165) is 16.7 Å². The topological polar surface area (TPSA) is 88.4 Å². The van der Waals surface area contributed by atoms with E-state index in [1.165, 1.54) is 11.1 Å². The number of nitrogens with zero attached hydrogens (tertiary/aromatic N) is 6. The number of benzene rings is 2. The number of hydrogen-bond acceptors (Lipinski definition) is 7. The van der Waals surface area contributed by atoms with E-state index in [9.17, 15) is 4.79 Å². The van der Waals surface area contributed by atoms with Crippen LogP contribution in [-0.2, 0) is 11.3 Å². The molecule has 0 saturated carbocycles. The second-order valence-corrected chi connectivity index (χ2v) is 11.7. The van der Waals surface area contributed by atoms with Gasteiger partial charge in [-0.2, -0.15) is 9.97 Å². The standard InChI is InChI=1S/C31H39N7O2/c1-21(2)38-20-33-26-27(32-18-23-12-14-25(15-13-23)24-10-8-7-9-11-24)34-29(35-28(26)38)37-17-16-36(19-22(37)3)30(39)40-31(4,5)6/h7-15,20-22H,16-19H2,1-6H3,(H,32,34,35)/t22-/m1/s1. The molecule has 5 rings (SSSR count). The Morgan fingerprint density at radius 2 is 1.73 bits per heavy atom. The first kappa shape index (κ1) is 27.4. The van der Waals surface area contributed by atoms with Crippen molar-refractivity contribution in [1.29, 1.82) is 0 Å². The monoisotopic (exact) mass is 541 g/mol. The van der Waals surface area contributed by atoms with Crippen LogP contribution in [0.5, 0.6) is 0 Å². The Hall–Kier alpha value is -4.14. The first-order valence-electron chi connectivity index (χ1n) is 14.0. The van der Waals surface area contributed by atoms with Gasteiger partial charge in [-0.3, -0.25) is 0 Å². The molecule has 1 aliphatic heterocycles. The number of aromatic nitrogens is 4. The lowest BCUT2D eigenvalue weighted by Gasteiger charge is -2.40. The van der Waals surface area contributed by atoms with E-state index in [1.54, 1.807) is 4.90 Å². The van der Waals surface area contributed by atoms with Gasteiger partial charge in [0.2, 0.25) is 5.95 Å². The number of amides is 1. The lowest BCUT2D eigenvalue weighted by atomic mass is 10.0. The number of carbonyl (C=O) groups excluding carboxylic acids is 1. The van der Waals surface area contributed by atoms with Gasteiger partial charge >= 0.3 is 6.09 Å². The molecular formula is C31H39N7O2. The SMILES string of the molecule is CC(C)n1cnc2c(NCc3ccc(-c4ccccc4)cc3)nc(N3CCN(C(=O)OC(C)(C)C)C[C@H]3C)nc21. The van der Waals surface area contributed by atoms with Gasteiger partial charge in [0.25, 0.3) is 0 Å². The molecule has 1 fully saturated rings. The van der Waals surface area contributed by atoms with Crippen molar-refractivity contribution in [3.05, 3.63) is 66.5 Å². The molecule has 210 valence electrons. The van der Waals surface area contributed by atoms with Crippen molar-refractivity contribution in [2.45, 2.75) is 65.8 Å². The molecule has 9 heteroatoms. The summed E-state index contributed by atoms with van der Waals surface area (Å²) < 4.78 is 7.67. The lowest BCUT2D eigenvalue weighted by molar-refractivity contribution is 0.0218. The van der Waals surface area contributed by atoms with E-state index in [-0.39, 0.29) is 18.2 Å². The molecule has 0 spiro atoms. The van der Waals surface area contributed by atoms with Crippen LogP contribution in [0.2, 0.25) is 0 Å². The number of rotatable bonds is 6. The third-order valence-electron chi connectivity index (χ3n) is 7.02. The Morgan fingerprint density at radius 1 is 1.02 bits per heavy atom. The van der Waals surface area contributed by atoms with E-state index in [4.69, 9.17) is 14.7 Å². The third kappa shape index (κ3) is 6.03. The van der Waals surface area contributed by atoms with Gasteiger partial charge in [-0.25, -0.2) is 9.78 Å². The summed E-state index contributed by atoms with van der Waals surface area (Å²) in [5.41, 5.74) is 4.55. The number of nitrogens with one attached hydrogen (secondary N) is 1. The fourth-order valence-electron chi connectivity index (χ4n) is 4.91. The highest BCUT2D eigenvalue weighted by molar-refractivity contribution is 5.84. The molecule has 0 unspecified atom stereocenters. The average Bonchev–Trinajstić information content (AvgIpc) is 3.36. The molecule has 1 saturated heterocycles. The average molecular weight is 542 g/mol. The van der Waals surface area contributed by atoms with E-state index >= 15 is 0 Å². The fraction of sp³-hybridized carbons (Fsp3) is 0.419. The van der Waals surface area contributed by atoms with Crippen molar-refractivity contribution < 1.29 is 9.53 Å². The molecular weight excluding hydrogens is 502 g/mol. The molecule has 1 N–H and O–H groups in total. The highest BCUT2D eigenvalue weighted by Crippen LogP contribution is 2.28. The van der Waals surface area contributed by atoms with Crippen LogP contribution in [0.25, 0.3) is 22.3 Å². The molecule has 40 heavy (non-hydrogen) atoms. The Kier molecular flexibility index (Phi) is 7.65. The Bertz CT molecular complexity index is 1460. The largest absolute Gasteiger partial charge is 0.444 e. The van der Waals surface area contributed by atoms with Gasteiger partial charge in [0.1, 0.15) is 5.60 Å². The summed E-state index contributed by atoms with van der Waals surface area (Å²) in [7, 11) is 0. The summed E-state index contributed by atoms with van der Waals surface area (Å²) in [6.07, 6.45) is 1.55. The number of imidazole rings is 1. The maximum absolute atomic E-state index is 12.7. The molecule has 1 amide bonds. The summed E-state index contributed by atoms with van der Waals surface area (Å²) in [4.78, 5) is 31.2. The van der Waals surface area contributed by atoms with Crippen LogP contribution in [0.15, 0.2) is 60.9 Å². The number of anilines is 2. The normalized spacial score (nSPS) is 16.0. The molecule has 0 radical (unpaired) electrons. The molecule has 0 aliphatic carbocycles. The van der Waals surface area contributed by atoms with Crippen molar-refractivity contribution >= 4 is 29.0 Å². The molecule has 2 aromatic heterocycles. The van der Waals surface area contributed by atoms with E-state index in [0.29, 0.717) is 37.9 Å². The summed E-state index contributed by atoms with van der Waals surface area (Å²) in [6, 6.07) is 19.2. The Balaban J connectivity index is 1.37. The summed E-state index contributed by atoms with van der Waals surface area (Å²) in [6.45, 7) is 14.3. The molecule has 1 atom stereocenters. The molecule has 4 aromatic rings. The number of carbonyl (C=O) groups is 1. The minimum Gasteiger partial charge on any atom is -0.444 e. The maximum Gasteiger partial charge on any atom is 0.410 e. The van der Waals surface area contributed by atoms with Crippen LogP contribution in [0.1, 0.15) is 53.1 Å². The van der Waals surface area contributed by atoms with Gasteiger partial charge in [-0.05, 0) is 58.2 Å².